The molecule has 2 fully saturated rings. The van der Waals surface area contributed by atoms with Crippen LogP contribution in [0.5, 0.6) is 5.75 Å². The lowest BCUT2D eigenvalue weighted by Crippen LogP contribution is -2.43. The molecule has 2 aromatic carbocycles. The minimum Gasteiger partial charge on any atom is -0.497 e. The van der Waals surface area contributed by atoms with Gasteiger partial charge in [0.25, 0.3) is 0 Å². The van der Waals surface area contributed by atoms with Crippen LogP contribution in [-0.2, 0) is 0 Å². The fraction of sp³-hybridized carbons (Fsp3) is 0.433. The maximum absolute atomic E-state index is 13.1. The van der Waals surface area contributed by atoms with Gasteiger partial charge in [0, 0.05) is 42.8 Å². The Bertz CT molecular complexity index is 1110. The van der Waals surface area contributed by atoms with E-state index in [1.54, 1.807) is 7.11 Å². The number of anilines is 1. The van der Waals surface area contributed by atoms with E-state index in [4.69, 9.17) is 4.74 Å². The number of urea groups is 1. The van der Waals surface area contributed by atoms with E-state index in [0.717, 1.165) is 68.9 Å². The molecule has 2 saturated heterocycles. The number of hydrogen-bond donors (Lipinski definition) is 1. The van der Waals surface area contributed by atoms with Crippen LogP contribution < -0.4 is 10.1 Å². The first-order valence-corrected chi connectivity index (χ1v) is 12.9. The van der Waals surface area contributed by atoms with Crippen molar-refractivity contribution in [2.24, 2.45) is 0 Å². The summed E-state index contributed by atoms with van der Waals surface area (Å²) in [6, 6.07) is 16.7. The average molecular weight is 470 g/mol. The predicted molar refractivity (Wildman–Crippen MR) is 141 cm³/mol. The minimum absolute atomic E-state index is 0.0229. The zero-order valence-corrected chi connectivity index (χ0v) is 20.6. The molecule has 5 rings (SSSR count). The second kappa shape index (κ2) is 11.0. The summed E-state index contributed by atoms with van der Waals surface area (Å²) in [6.07, 6.45) is 9.26. The molecule has 5 nitrogen and oxygen atoms in total. The van der Waals surface area contributed by atoms with E-state index < -0.39 is 0 Å². The summed E-state index contributed by atoms with van der Waals surface area (Å²) < 4.78 is 5.22. The fourth-order valence-electron chi connectivity index (χ4n) is 5.59. The Labute approximate surface area is 209 Å². The first-order chi connectivity index (χ1) is 17.2. The third-order valence-corrected chi connectivity index (χ3v) is 7.57. The van der Waals surface area contributed by atoms with E-state index in [0.29, 0.717) is 12.0 Å². The number of carbonyl (C=O) groups excluding carboxylic acids is 1. The van der Waals surface area contributed by atoms with Crippen molar-refractivity contribution in [3.63, 3.8) is 0 Å². The van der Waals surface area contributed by atoms with E-state index in [9.17, 15) is 4.79 Å². The third-order valence-electron chi connectivity index (χ3n) is 7.57. The Morgan fingerprint density at radius 3 is 2.54 bits per heavy atom. The van der Waals surface area contributed by atoms with Crippen molar-refractivity contribution in [3.8, 4) is 17.6 Å². The number of methoxy groups -OCH3 is 1. The Hall–Kier alpha value is -3.23. The van der Waals surface area contributed by atoms with Crippen LogP contribution in [0.1, 0.15) is 55.6 Å². The number of fused-ring (bicyclic) bond motifs is 1. The summed E-state index contributed by atoms with van der Waals surface area (Å²) in [7, 11) is 1.64. The van der Waals surface area contributed by atoms with Gasteiger partial charge in [-0.2, -0.15) is 0 Å². The molecule has 5 heteroatoms. The minimum atomic E-state index is -0.0229. The van der Waals surface area contributed by atoms with Crippen molar-refractivity contribution in [1.29, 1.82) is 0 Å². The molecular weight excluding hydrogens is 434 g/mol. The fourth-order valence-corrected chi connectivity index (χ4v) is 5.59. The van der Waals surface area contributed by atoms with E-state index in [-0.39, 0.29) is 6.03 Å². The van der Waals surface area contributed by atoms with Crippen LogP contribution in [0.4, 0.5) is 10.5 Å². The molecule has 3 aliphatic rings. The van der Waals surface area contributed by atoms with Gasteiger partial charge in [-0.05, 0) is 92.6 Å². The molecule has 2 aromatic rings. The molecule has 0 aromatic heterocycles. The van der Waals surface area contributed by atoms with Crippen LogP contribution >= 0.6 is 0 Å². The Morgan fingerprint density at radius 1 is 0.971 bits per heavy atom. The van der Waals surface area contributed by atoms with Gasteiger partial charge in [0.05, 0.1) is 7.11 Å². The van der Waals surface area contributed by atoms with Gasteiger partial charge in [0.2, 0.25) is 0 Å². The van der Waals surface area contributed by atoms with Gasteiger partial charge < -0.3 is 15.0 Å². The summed E-state index contributed by atoms with van der Waals surface area (Å²) in [5, 5.41) is 3.07. The van der Waals surface area contributed by atoms with Gasteiger partial charge in [0.15, 0.2) is 0 Å². The summed E-state index contributed by atoms with van der Waals surface area (Å²) in [5.74, 6) is 7.94. The lowest BCUT2D eigenvalue weighted by atomic mass is 9.90. The van der Waals surface area contributed by atoms with E-state index in [2.05, 4.69) is 52.4 Å². The van der Waals surface area contributed by atoms with Crippen LogP contribution in [0, 0.1) is 11.8 Å². The second-order valence-corrected chi connectivity index (χ2v) is 9.80. The van der Waals surface area contributed by atoms with Crippen LogP contribution in [0.15, 0.2) is 60.2 Å². The van der Waals surface area contributed by atoms with Crippen LogP contribution in [0.2, 0.25) is 0 Å². The number of nitrogens with one attached hydrogen (secondary N) is 1. The molecule has 1 aliphatic carbocycles. The standard InChI is InChI=1S/C30H35N3O2/c1-35-27-16-14-26(15-17-27)31-30(34)33-20-5-19-32-21-18-28(29(32)22-33)25-12-10-24(11-13-25)9-8-23-6-3-2-4-7-23/h6,10-17,28-29H,2-5,7,18-22H2,1H3,(H,31,34)/t28-,29+/m1/s1. The number of amides is 2. The molecule has 2 heterocycles. The van der Waals surface area contributed by atoms with Gasteiger partial charge in [-0.15, -0.1) is 0 Å². The van der Waals surface area contributed by atoms with E-state index in [1.807, 2.05) is 29.2 Å². The maximum Gasteiger partial charge on any atom is 0.321 e. The second-order valence-electron chi connectivity index (χ2n) is 9.80. The zero-order chi connectivity index (χ0) is 24.0. The lowest BCUT2D eigenvalue weighted by molar-refractivity contribution is 0.197. The first kappa shape index (κ1) is 23.5. The molecule has 2 amide bonds. The summed E-state index contributed by atoms with van der Waals surface area (Å²) in [6.45, 7) is 3.68. The first-order valence-electron chi connectivity index (χ1n) is 12.9. The van der Waals surface area contributed by atoms with Crippen LogP contribution in [0.25, 0.3) is 0 Å². The number of nitrogens with zero attached hydrogens (tertiary/aromatic N) is 2. The molecule has 0 radical (unpaired) electrons. The average Bonchev–Trinajstić information content (AvgIpc) is 3.18. The van der Waals surface area contributed by atoms with Crippen molar-refractivity contribution < 1.29 is 9.53 Å². The van der Waals surface area contributed by atoms with Crippen molar-refractivity contribution in [1.82, 2.24) is 9.80 Å². The number of carbonyl (C=O) groups is 1. The lowest BCUT2D eigenvalue weighted by Gasteiger charge is -2.30. The molecule has 0 saturated carbocycles. The largest absolute Gasteiger partial charge is 0.497 e. The van der Waals surface area contributed by atoms with E-state index >= 15 is 0 Å². The number of allylic oxidation sites excluding steroid dienone is 2. The SMILES string of the molecule is COc1ccc(NC(=O)N2CCCN3CC[C@H](c4ccc(C#CC5=CCCCC5)cc4)[C@@H]3C2)cc1. The molecule has 1 N–H and O–H groups in total. The molecule has 0 bridgehead atoms. The number of hydrogen-bond acceptors (Lipinski definition) is 3. The Morgan fingerprint density at radius 2 is 1.80 bits per heavy atom. The van der Waals surface area contributed by atoms with Crippen molar-refractivity contribution in [3.05, 3.63) is 71.3 Å². The van der Waals surface area contributed by atoms with Crippen molar-refractivity contribution in [2.45, 2.75) is 50.5 Å². The van der Waals surface area contributed by atoms with Gasteiger partial charge in [-0.1, -0.05) is 30.0 Å². The van der Waals surface area contributed by atoms with Gasteiger partial charge in [-0.3, -0.25) is 4.90 Å². The number of ether oxygens (including phenoxy) is 1. The van der Waals surface area contributed by atoms with Gasteiger partial charge in [-0.25, -0.2) is 4.79 Å². The van der Waals surface area contributed by atoms with Gasteiger partial charge in [0.1, 0.15) is 5.75 Å². The third kappa shape index (κ3) is 5.71. The normalized spacial score (nSPS) is 22.3. The summed E-state index contributed by atoms with van der Waals surface area (Å²) in [5.41, 5.74) is 4.52. The summed E-state index contributed by atoms with van der Waals surface area (Å²) >= 11 is 0. The van der Waals surface area contributed by atoms with E-state index in [1.165, 1.54) is 24.0 Å². The molecule has 182 valence electrons. The highest BCUT2D eigenvalue weighted by atomic mass is 16.5. The molecule has 0 spiro atoms. The monoisotopic (exact) mass is 469 g/mol. The highest BCUT2D eigenvalue weighted by Gasteiger charge is 2.38. The van der Waals surface area contributed by atoms with Crippen molar-refractivity contribution in [2.75, 3.05) is 38.6 Å². The maximum atomic E-state index is 13.1. The molecule has 2 aliphatic heterocycles. The molecule has 2 atom stereocenters. The van der Waals surface area contributed by atoms with Crippen molar-refractivity contribution >= 4 is 11.7 Å². The molecule has 0 unspecified atom stereocenters. The number of benzene rings is 2. The molecular formula is C30H35N3O2. The highest BCUT2D eigenvalue weighted by molar-refractivity contribution is 5.89. The highest BCUT2D eigenvalue weighted by Crippen LogP contribution is 2.35. The zero-order valence-electron chi connectivity index (χ0n) is 20.6. The predicted octanol–water partition coefficient (Wildman–Crippen LogP) is 5.64. The molecule has 35 heavy (non-hydrogen) atoms. The van der Waals surface area contributed by atoms with Gasteiger partial charge >= 0.3 is 6.03 Å². The van der Waals surface area contributed by atoms with Crippen LogP contribution in [-0.4, -0.2) is 55.2 Å². The number of rotatable bonds is 3. The topological polar surface area (TPSA) is 44.8 Å². The van der Waals surface area contributed by atoms with Crippen LogP contribution in [0.3, 0.4) is 0 Å². The quantitative estimate of drug-likeness (QED) is 0.592. The summed E-state index contributed by atoms with van der Waals surface area (Å²) in [4.78, 5) is 17.7. The Balaban J connectivity index is 1.25. The smallest absolute Gasteiger partial charge is 0.321 e. The Kier molecular flexibility index (Phi) is 7.39.